The standard InChI is InChI=1S/C18H15Cl2N3O5/c19-10-3-6-15(22-7-1-2-16(22)18(25)26)12(8-10)17(24)21-14-5-4-11(23(27)28)9-13(14)20/h3-6,8-9,16H,1-2,7H2,(H,21,24)(H,25,26)/t16-/m0/s1. The molecule has 1 fully saturated rings. The quantitative estimate of drug-likeness (QED) is 0.549. The van der Waals surface area contributed by atoms with Gasteiger partial charge in [-0.15, -0.1) is 0 Å². The van der Waals surface area contributed by atoms with E-state index in [9.17, 15) is 24.8 Å². The fraction of sp³-hybridized carbons (Fsp3) is 0.222. The number of anilines is 2. The van der Waals surface area contributed by atoms with Gasteiger partial charge in [-0.2, -0.15) is 0 Å². The molecule has 2 aromatic carbocycles. The van der Waals surface area contributed by atoms with Gasteiger partial charge in [0.15, 0.2) is 0 Å². The van der Waals surface area contributed by atoms with Gasteiger partial charge < -0.3 is 15.3 Å². The fourth-order valence-electron chi connectivity index (χ4n) is 3.16. The third kappa shape index (κ3) is 4.02. The first-order chi connectivity index (χ1) is 13.3. The van der Waals surface area contributed by atoms with Gasteiger partial charge in [0.25, 0.3) is 11.6 Å². The number of carbonyl (C=O) groups excluding carboxylic acids is 1. The number of nitro groups is 1. The van der Waals surface area contributed by atoms with Crippen molar-refractivity contribution in [3.05, 3.63) is 62.1 Å². The predicted octanol–water partition coefficient (Wildman–Crippen LogP) is 4.21. The monoisotopic (exact) mass is 423 g/mol. The molecule has 2 aromatic rings. The Bertz CT molecular complexity index is 966. The molecule has 1 aliphatic rings. The summed E-state index contributed by atoms with van der Waals surface area (Å²) < 4.78 is 0. The SMILES string of the molecule is O=C(Nc1ccc([N+](=O)[O-])cc1Cl)c1cc(Cl)ccc1N1CCC[C@H]1C(=O)O. The van der Waals surface area contributed by atoms with Crippen LogP contribution in [0.25, 0.3) is 0 Å². The number of hydrogen-bond acceptors (Lipinski definition) is 5. The second-order valence-electron chi connectivity index (χ2n) is 6.23. The number of halogens is 2. The second kappa shape index (κ2) is 8.04. The number of nitro benzene ring substituents is 1. The minimum atomic E-state index is -0.961. The molecule has 1 atom stereocenters. The van der Waals surface area contributed by atoms with E-state index in [2.05, 4.69) is 5.32 Å². The van der Waals surface area contributed by atoms with Crippen molar-refractivity contribution >= 4 is 52.1 Å². The summed E-state index contributed by atoms with van der Waals surface area (Å²) in [6, 6.07) is 7.61. The third-order valence-corrected chi connectivity index (χ3v) is 5.01. The van der Waals surface area contributed by atoms with E-state index in [0.29, 0.717) is 30.1 Å². The lowest BCUT2D eigenvalue weighted by Crippen LogP contribution is -2.37. The van der Waals surface area contributed by atoms with E-state index in [1.165, 1.54) is 18.2 Å². The van der Waals surface area contributed by atoms with Gasteiger partial charge in [-0.3, -0.25) is 14.9 Å². The topological polar surface area (TPSA) is 113 Å². The molecular weight excluding hydrogens is 409 g/mol. The molecule has 1 heterocycles. The summed E-state index contributed by atoms with van der Waals surface area (Å²) in [6.07, 6.45) is 1.17. The number of nitrogens with zero attached hydrogens (tertiary/aromatic N) is 2. The van der Waals surface area contributed by atoms with Crippen LogP contribution < -0.4 is 10.2 Å². The van der Waals surface area contributed by atoms with Crippen LogP contribution in [-0.4, -0.2) is 34.5 Å². The Balaban J connectivity index is 1.93. The number of amides is 1. The number of carboxylic acid groups (broad SMARTS) is 1. The number of benzene rings is 2. The minimum absolute atomic E-state index is 0.00992. The molecule has 1 aliphatic heterocycles. The van der Waals surface area contributed by atoms with Gasteiger partial charge in [0.1, 0.15) is 6.04 Å². The van der Waals surface area contributed by atoms with E-state index < -0.39 is 22.8 Å². The summed E-state index contributed by atoms with van der Waals surface area (Å²) in [5.74, 6) is -1.51. The number of aliphatic carboxylic acids is 1. The van der Waals surface area contributed by atoms with Crippen LogP contribution in [0.3, 0.4) is 0 Å². The zero-order chi connectivity index (χ0) is 20.4. The molecule has 1 saturated heterocycles. The number of nitrogens with one attached hydrogen (secondary N) is 1. The summed E-state index contributed by atoms with van der Waals surface area (Å²) in [7, 11) is 0. The number of non-ortho nitro benzene ring substituents is 1. The van der Waals surface area contributed by atoms with Crippen molar-refractivity contribution < 1.29 is 19.6 Å². The smallest absolute Gasteiger partial charge is 0.326 e. The van der Waals surface area contributed by atoms with E-state index in [1.54, 1.807) is 17.0 Å². The predicted molar refractivity (Wildman–Crippen MR) is 106 cm³/mol. The highest BCUT2D eigenvalue weighted by atomic mass is 35.5. The maximum Gasteiger partial charge on any atom is 0.326 e. The molecule has 0 aromatic heterocycles. The molecule has 0 aliphatic carbocycles. The van der Waals surface area contributed by atoms with Crippen molar-refractivity contribution in [1.82, 2.24) is 0 Å². The average molecular weight is 424 g/mol. The highest BCUT2D eigenvalue weighted by Crippen LogP contribution is 2.33. The van der Waals surface area contributed by atoms with Crippen molar-refractivity contribution in [2.45, 2.75) is 18.9 Å². The molecule has 0 radical (unpaired) electrons. The lowest BCUT2D eigenvalue weighted by atomic mass is 10.1. The largest absolute Gasteiger partial charge is 0.480 e. The molecule has 28 heavy (non-hydrogen) atoms. The normalized spacial score (nSPS) is 16.1. The minimum Gasteiger partial charge on any atom is -0.480 e. The maximum atomic E-state index is 12.9. The summed E-state index contributed by atoms with van der Waals surface area (Å²) >= 11 is 12.1. The molecule has 3 rings (SSSR count). The average Bonchev–Trinajstić information content (AvgIpc) is 3.13. The Morgan fingerprint density at radius 2 is 1.96 bits per heavy atom. The van der Waals surface area contributed by atoms with Gasteiger partial charge in [0.2, 0.25) is 0 Å². The van der Waals surface area contributed by atoms with Crippen molar-refractivity contribution in [2.24, 2.45) is 0 Å². The van der Waals surface area contributed by atoms with Gasteiger partial charge in [0, 0.05) is 23.7 Å². The maximum absolute atomic E-state index is 12.9. The van der Waals surface area contributed by atoms with Crippen LogP contribution in [-0.2, 0) is 4.79 Å². The molecule has 8 nitrogen and oxygen atoms in total. The molecule has 0 unspecified atom stereocenters. The highest BCUT2D eigenvalue weighted by molar-refractivity contribution is 6.34. The van der Waals surface area contributed by atoms with E-state index in [4.69, 9.17) is 23.2 Å². The van der Waals surface area contributed by atoms with Gasteiger partial charge >= 0.3 is 5.97 Å². The highest BCUT2D eigenvalue weighted by Gasteiger charge is 2.33. The molecule has 146 valence electrons. The first-order valence-electron chi connectivity index (χ1n) is 8.32. The van der Waals surface area contributed by atoms with Gasteiger partial charge in [-0.05, 0) is 37.1 Å². The second-order valence-corrected chi connectivity index (χ2v) is 7.07. The number of rotatable bonds is 5. The third-order valence-electron chi connectivity index (χ3n) is 4.46. The van der Waals surface area contributed by atoms with Gasteiger partial charge in [-0.25, -0.2) is 4.79 Å². The molecular formula is C18H15Cl2N3O5. The lowest BCUT2D eigenvalue weighted by Gasteiger charge is -2.26. The zero-order valence-electron chi connectivity index (χ0n) is 14.4. The summed E-state index contributed by atoms with van der Waals surface area (Å²) in [6.45, 7) is 0.497. The fourth-order valence-corrected chi connectivity index (χ4v) is 3.56. The van der Waals surface area contributed by atoms with Crippen molar-refractivity contribution in [2.75, 3.05) is 16.8 Å². The molecule has 2 N–H and O–H groups in total. The summed E-state index contributed by atoms with van der Waals surface area (Å²) in [5, 5.41) is 23.2. The number of hydrogen-bond donors (Lipinski definition) is 2. The number of carbonyl (C=O) groups is 2. The van der Waals surface area contributed by atoms with Gasteiger partial charge in [-0.1, -0.05) is 23.2 Å². The molecule has 0 saturated carbocycles. The van der Waals surface area contributed by atoms with E-state index >= 15 is 0 Å². The van der Waals surface area contributed by atoms with Crippen LogP contribution in [0.2, 0.25) is 10.0 Å². The lowest BCUT2D eigenvalue weighted by molar-refractivity contribution is -0.384. The van der Waals surface area contributed by atoms with Crippen LogP contribution >= 0.6 is 23.2 Å². The first kappa shape index (κ1) is 19.9. The van der Waals surface area contributed by atoms with Crippen molar-refractivity contribution in [1.29, 1.82) is 0 Å². The first-order valence-corrected chi connectivity index (χ1v) is 9.08. The Labute approximate surface area is 169 Å². The van der Waals surface area contributed by atoms with E-state index in [0.717, 1.165) is 6.07 Å². The summed E-state index contributed by atoms with van der Waals surface area (Å²) in [5.41, 5.74) is 0.632. The summed E-state index contributed by atoms with van der Waals surface area (Å²) in [4.78, 5) is 36.3. The van der Waals surface area contributed by atoms with Crippen LogP contribution in [0.15, 0.2) is 36.4 Å². The molecule has 1 amide bonds. The molecule has 10 heteroatoms. The van der Waals surface area contributed by atoms with Crippen molar-refractivity contribution in [3.63, 3.8) is 0 Å². The number of carboxylic acids is 1. The van der Waals surface area contributed by atoms with E-state index in [1.807, 2.05) is 0 Å². The Morgan fingerprint density at radius 3 is 2.61 bits per heavy atom. The van der Waals surface area contributed by atoms with Crippen LogP contribution in [0.5, 0.6) is 0 Å². The van der Waals surface area contributed by atoms with Gasteiger partial charge in [0.05, 0.1) is 26.9 Å². The zero-order valence-corrected chi connectivity index (χ0v) is 15.9. The Kier molecular flexibility index (Phi) is 5.71. The Hall–Kier alpha value is -2.84. The van der Waals surface area contributed by atoms with Crippen molar-refractivity contribution in [3.8, 4) is 0 Å². The van der Waals surface area contributed by atoms with E-state index in [-0.39, 0.29) is 22.0 Å². The van der Waals surface area contributed by atoms with Crippen LogP contribution in [0.1, 0.15) is 23.2 Å². The molecule has 0 spiro atoms. The van der Waals surface area contributed by atoms with Crippen LogP contribution in [0.4, 0.5) is 17.1 Å². The Morgan fingerprint density at radius 1 is 1.21 bits per heavy atom. The van der Waals surface area contributed by atoms with Crippen LogP contribution in [0, 0.1) is 10.1 Å². The molecule has 0 bridgehead atoms.